The van der Waals surface area contributed by atoms with Gasteiger partial charge in [0.1, 0.15) is 5.82 Å². The van der Waals surface area contributed by atoms with Gasteiger partial charge in [-0.2, -0.15) is 0 Å². The Morgan fingerprint density at radius 1 is 1.10 bits per heavy atom. The van der Waals surface area contributed by atoms with E-state index in [4.69, 9.17) is 0 Å². The number of aromatic nitrogens is 2. The van der Waals surface area contributed by atoms with Crippen LogP contribution in [-0.4, -0.2) is 33.2 Å². The molecule has 1 saturated carbocycles. The maximum Gasteiger partial charge on any atom is 0.259 e. The Morgan fingerprint density at radius 3 is 2.52 bits per heavy atom. The molecule has 6 nitrogen and oxygen atoms in total. The maximum atomic E-state index is 13.0. The molecule has 2 amide bonds. The van der Waals surface area contributed by atoms with Gasteiger partial charge < -0.3 is 10.2 Å². The fourth-order valence-corrected chi connectivity index (χ4v) is 4.31. The third-order valence-corrected chi connectivity index (χ3v) is 5.88. The van der Waals surface area contributed by atoms with Crippen LogP contribution in [0.5, 0.6) is 0 Å². The molecule has 1 aliphatic carbocycles. The van der Waals surface area contributed by atoms with Crippen molar-refractivity contribution in [2.45, 2.75) is 51.5 Å². The van der Waals surface area contributed by atoms with Crippen LogP contribution < -0.4 is 5.32 Å². The lowest BCUT2D eigenvalue weighted by atomic mass is 10.1. The Bertz CT molecular complexity index is 910. The number of carbonyl (C=O) groups is 2. The lowest BCUT2D eigenvalue weighted by Crippen LogP contribution is -2.35. The molecular formula is C22H25FN4O2. The molecule has 2 heterocycles. The first kappa shape index (κ1) is 19.5. The molecular weight excluding hydrogens is 371 g/mol. The summed E-state index contributed by atoms with van der Waals surface area (Å²) in [5, 5.41) is 2.73. The van der Waals surface area contributed by atoms with E-state index < -0.39 is 0 Å². The van der Waals surface area contributed by atoms with E-state index in [1.807, 2.05) is 4.90 Å². The van der Waals surface area contributed by atoms with Crippen molar-refractivity contribution in [3.63, 3.8) is 0 Å². The molecule has 1 N–H and O–H groups in total. The minimum absolute atomic E-state index is 0.115. The minimum Gasteiger partial charge on any atom is -0.332 e. The van der Waals surface area contributed by atoms with Gasteiger partial charge in [0.25, 0.3) is 5.91 Å². The lowest BCUT2D eigenvalue weighted by molar-refractivity contribution is -0.136. The molecule has 2 aromatic rings. The summed E-state index contributed by atoms with van der Waals surface area (Å²) < 4.78 is 13.0. The third-order valence-electron chi connectivity index (χ3n) is 5.88. The van der Waals surface area contributed by atoms with E-state index in [9.17, 15) is 14.0 Å². The van der Waals surface area contributed by atoms with Gasteiger partial charge in [-0.15, -0.1) is 0 Å². The second kappa shape index (κ2) is 8.27. The Morgan fingerprint density at radius 2 is 1.83 bits per heavy atom. The van der Waals surface area contributed by atoms with E-state index in [0.717, 1.165) is 45.1 Å². The molecule has 152 valence electrons. The fraction of sp³-hybridized carbons (Fsp3) is 0.455. The first-order valence-corrected chi connectivity index (χ1v) is 10.2. The number of carbonyl (C=O) groups excluding carboxylic acids is 2. The molecule has 1 atom stereocenters. The van der Waals surface area contributed by atoms with Crippen molar-refractivity contribution in [1.82, 2.24) is 14.9 Å². The van der Waals surface area contributed by atoms with Crippen molar-refractivity contribution < 1.29 is 14.0 Å². The number of hydrogen-bond donors (Lipinski definition) is 1. The highest BCUT2D eigenvalue weighted by molar-refractivity contribution is 6.04. The van der Waals surface area contributed by atoms with Gasteiger partial charge in [-0.3, -0.25) is 9.59 Å². The summed E-state index contributed by atoms with van der Waals surface area (Å²) in [7, 11) is 0. The predicted molar refractivity (Wildman–Crippen MR) is 107 cm³/mol. The summed E-state index contributed by atoms with van der Waals surface area (Å²) in [6.07, 6.45) is 7.52. The van der Waals surface area contributed by atoms with Crippen molar-refractivity contribution in [3.8, 4) is 0 Å². The molecule has 1 aliphatic heterocycles. The van der Waals surface area contributed by atoms with Gasteiger partial charge in [-0.1, -0.05) is 12.8 Å². The second-order valence-corrected chi connectivity index (χ2v) is 7.86. The summed E-state index contributed by atoms with van der Waals surface area (Å²) in [6.45, 7) is 2.51. The number of halogens is 1. The zero-order valence-corrected chi connectivity index (χ0v) is 16.5. The smallest absolute Gasteiger partial charge is 0.259 e. The van der Waals surface area contributed by atoms with Crippen LogP contribution in [-0.2, 0) is 4.79 Å². The molecule has 1 aromatic carbocycles. The van der Waals surface area contributed by atoms with Crippen molar-refractivity contribution in [1.29, 1.82) is 0 Å². The van der Waals surface area contributed by atoms with Gasteiger partial charge in [0, 0.05) is 24.3 Å². The molecule has 4 rings (SSSR count). The molecule has 0 unspecified atom stereocenters. The van der Waals surface area contributed by atoms with Gasteiger partial charge in [-0.25, -0.2) is 14.4 Å². The zero-order valence-electron chi connectivity index (χ0n) is 16.5. The molecule has 1 aromatic heterocycles. The summed E-state index contributed by atoms with van der Waals surface area (Å²) in [5.74, 6) is 0.262. The molecule has 0 radical (unpaired) electrons. The van der Waals surface area contributed by atoms with E-state index in [1.54, 1.807) is 6.92 Å². The van der Waals surface area contributed by atoms with Crippen LogP contribution in [0.4, 0.5) is 10.1 Å². The third kappa shape index (κ3) is 4.13. The number of nitrogens with one attached hydrogen (secondary N) is 1. The van der Waals surface area contributed by atoms with Gasteiger partial charge in [0.05, 0.1) is 17.3 Å². The van der Waals surface area contributed by atoms with E-state index >= 15 is 0 Å². The molecule has 29 heavy (non-hydrogen) atoms. The quantitative estimate of drug-likeness (QED) is 0.847. The number of anilines is 1. The van der Waals surface area contributed by atoms with E-state index in [-0.39, 0.29) is 29.6 Å². The SMILES string of the molecule is Cc1nc([C@@H]2CCCN2C(=O)C2CCCC2)ncc1C(=O)Nc1ccc(F)cc1. The number of aryl methyl sites for hydroxylation is 1. The van der Waals surface area contributed by atoms with Gasteiger partial charge >= 0.3 is 0 Å². The van der Waals surface area contributed by atoms with Gasteiger partial charge in [0.2, 0.25) is 5.91 Å². The average Bonchev–Trinajstić information content (AvgIpc) is 3.41. The standard InChI is InChI=1S/C22H25FN4O2/c1-14-18(21(28)26-17-10-8-16(23)9-11-17)13-24-20(25-14)19-7-4-12-27(19)22(29)15-5-2-3-6-15/h8-11,13,15,19H,2-7,12H2,1H3,(H,26,28)/t19-/m0/s1. The Hall–Kier alpha value is -2.83. The number of likely N-dealkylation sites (tertiary alicyclic amines) is 1. The lowest BCUT2D eigenvalue weighted by Gasteiger charge is -2.26. The Balaban J connectivity index is 1.49. The van der Waals surface area contributed by atoms with Crippen LogP contribution in [0.2, 0.25) is 0 Å². The Kier molecular flexibility index (Phi) is 5.56. The highest BCUT2D eigenvalue weighted by Gasteiger charge is 2.36. The van der Waals surface area contributed by atoms with Crippen LogP contribution in [0.25, 0.3) is 0 Å². The number of rotatable bonds is 4. The first-order valence-electron chi connectivity index (χ1n) is 10.2. The highest BCUT2D eigenvalue weighted by atomic mass is 19.1. The number of benzene rings is 1. The summed E-state index contributed by atoms with van der Waals surface area (Å²) in [6, 6.07) is 5.47. The molecule has 2 aliphatic rings. The molecule has 1 saturated heterocycles. The van der Waals surface area contributed by atoms with Crippen molar-refractivity contribution in [2.24, 2.45) is 5.92 Å². The minimum atomic E-state index is -0.361. The summed E-state index contributed by atoms with van der Waals surface area (Å²) >= 11 is 0. The molecule has 0 spiro atoms. The number of nitrogens with zero attached hydrogens (tertiary/aromatic N) is 3. The van der Waals surface area contributed by atoms with E-state index in [2.05, 4.69) is 15.3 Å². The predicted octanol–water partition coefficient (Wildman–Crippen LogP) is 4.03. The van der Waals surface area contributed by atoms with Crippen LogP contribution in [0.1, 0.15) is 66.4 Å². The normalized spacial score (nSPS) is 19.5. The second-order valence-electron chi connectivity index (χ2n) is 7.86. The monoisotopic (exact) mass is 396 g/mol. The highest BCUT2D eigenvalue weighted by Crippen LogP contribution is 2.35. The number of amides is 2. The number of hydrogen-bond acceptors (Lipinski definition) is 4. The van der Waals surface area contributed by atoms with Crippen molar-refractivity contribution >= 4 is 17.5 Å². The van der Waals surface area contributed by atoms with E-state index in [0.29, 0.717) is 22.8 Å². The molecule has 0 bridgehead atoms. The van der Waals surface area contributed by atoms with Crippen LogP contribution in [0.15, 0.2) is 30.5 Å². The fourth-order valence-electron chi connectivity index (χ4n) is 4.31. The average molecular weight is 396 g/mol. The molecule has 7 heteroatoms. The summed E-state index contributed by atoms with van der Waals surface area (Å²) in [5.41, 5.74) is 1.43. The topological polar surface area (TPSA) is 75.2 Å². The van der Waals surface area contributed by atoms with Crippen LogP contribution in [0.3, 0.4) is 0 Å². The molecule has 2 fully saturated rings. The maximum absolute atomic E-state index is 13.0. The summed E-state index contributed by atoms with van der Waals surface area (Å²) in [4.78, 5) is 36.4. The van der Waals surface area contributed by atoms with Gasteiger partial charge in [-0.05, 0) is 56.9 Å². The van der Waals surface area contributed by atoms with Crippen molar-refractivity contribution in [2.75, 3.05) is 11.9 Å². The van der Waals surface area contributed by atoms with Crippen molar-refractivity contribution in [3.05, 3.63) is 53.4 Å². The zero-order chi connectivity index (χ0) is 20.4. The van der Waals surface area contributed by atoms with Crippen LogP contribution >= 0.6 is 0 Å². The first-order chi connectivity index (χ1) is 14.0. The Labute approximate surface area is 169 Å². The van der Waals surface area contributed by atoms with Gasteiger partial charge in [0.15, 0.2) is 5.82 Å². The van der Waals surface area contributed by atoms with E-state index in [1.165, 1.54) is 30.5 Å². The largest absolute Gasteiger partial charge is 0.332 e. The van der Waals surface area contributed by atoms with Crippen LogP contribution in [0, 0.1) is 18.7 Å².